The normalized spacial score (nSPS) is 10.9. The first-order chi connectivity index (χ1) is 8.66. The van der Waals surface area contributed by atoms with Crippen molar-refractivity contribution in [3.8, 4) is 22.9 Å². The van der Waals surface area contributed by atoms with Crippen molar-refractivity contribution >= 4 is 17.1 Å². The number of nitrogens with zero attached hydrogens (tertiary/aromatic N) is 2. The Labute approximate surface area is 108 Å². The van der Waals surface area contributed by atoms with E-state index in [1.807, 2.05) is 0 Å². The monoisotopic (exact) mass is 260 g/mol. The van der Waals surface area contributed by atoms with Gasteiger partial charge in [0.1, 0.15) is 17.3 Å². The minimum absolute atomic E-state index is 0.105. The van der Waals surface area contributed by atoms with Gasteiger partial charge in [0, 0.05) is 0 Å². The van der Waals surface area contributed by atoms with Crippen molar-refractivity contribution in [2.24, 2.45) is 0 Å². The molecule has 0 bridgehead atoms. The fraction of sp³-hybridized carbons (Fsp3) is 0. The molecule has 1 aromatic carbocycles. The highest BCUT2D eigenvalue weighted by Gasteiger charge is 2.14. The molecule has 0 aliphatic carbocycles. The number of fused-ring (bicyclic) bond motifs is 1. The fourth-order valence-electron chi connectivity index (χ4n) is 1.89. The summed E-state index contributed by atoms with van der Waals surface area (Å²) in [5.41, 5.74) is 1.23. The average molecular weight is 261 g/mol. The number of imidazole rings is 1. The average Bonchev–Trinajstić information content (AvgIpc) is 2.67. The molecule has 0 aliphatic rings. The van der Waals surface area contributed by atoms with Crippen molar-refractivity contribution < 1.29 is 10.2 Å². The lowest BCUT2D eigenvalue weighted by molar-refractivity contribution is 0.471. The zero-order chi connectivity index (χ0) is 12.7. The van der Waals surface area contributed by atoms with Gasteiger partial charge in [-0.25, -0.2) is 4.98 Å². The number of pyridine rings is 1. The van der Waals surface area contributed by atoms with E-state index < -0.39 is 0 Å². The molecular weight excluding hydrogens is 252 g/mol. The highest BCUT2D eigenvalue weighted by molar-refractivity contribution is 6.32. The lowest BCUT2D eigenvalue weighted by atomic mass is 10.2. The predicted molar refractivity (Wildman–Crippen MR) is 69.0 cm³/mol. The minimum Gasteiger partial charge on any atom is -0.507 e. The Kier molecular flexibility index (Phi) is 2.38. The van der Waals surface area contributed by atoms with E-state index in [1.165, 1.54) is 12.3 Å². The Morgan fingerprint density at radius 3 is 2.61 bits per heavy atom. The summed E-state index contributed by atoms with van der Waals surface area (Å²) in [5.74, 6) is 0.710. The summed E-state index contributed by atoms with van der Waals surface area (Å²) in [4.78, 5) is 4.22. The number of benzene rings is 1. The van der Waals surface area contributed by atoms with Crippen LogP contribution in [-0.4, -0.2) is 19.6 Å². The largest absolute Gasteiger partial charge is 0.507 e. The molecule has 0 amide bonds. The molecule has 0 aliphatic heterocycles. The van der Waals surface area contributed by atoms with Gasteiger partial charge in [0.15, 0.2) is 5.15 Å². The van der Waals surface area contributed by atoms with Crippen molar-refractivity contribution in [2.45, 2.75) is 0 Å². The van der Waals surface area contributed by atoms with Crippen LogP contribution in [-0.2, 0) is 0 Å². The second-order valence-electron chi connectivity index (χ2n) is 3.89. The second kappa shape index (κ2) is 3.92. The molecule has 0 fully saturated rings. The quantitative estimate of drug-likeness (QED) is 0.707. The van der Waals surface area contributed by atoms with E-state index in [9.17, 15) is 10.2 Å². The number of hydrogen-bond donors (Lipinski definition) is 2. The third kappa shape index (κ3) is 1.58. The first-order valence-corrected chi connectivity index (χ1v) is 5.69. The zero-order valence-corrected chi connectivity index (χ0v) is 9.96. The standard InChI is InChI=1S/C13H9ClN2O2/c14-12-10-6-5-8(17)7-16(10)13(15-12)9-3-1-2-4-11(9)18/h1-7,17-18H. The number of hydrogen-bond acceptors (Lipinski definition) is 3. The van der Waals surface area contributed by atoms with E-state index in [-0.39, 0.29) is 11.5 Å². The summed E-state index contributed by atoms with van der Waals surface area (Å²) in [6, 6.07) is 10.1. The Morgan fingerprint density at radius 1 is 1.06 bits per heavy atom. The molecule has 5 heteroatoms. The molecule has 3 rings (SSSR count). The summed E-state index contributed by atoms with van der Waals surface area (Å²) >= 11 is 6.04. The predicted octanol–water partition coefficient (Wildman–Crippen LogP) is 3.07. The molecular formula is C13H9ClN2O2. The maximum absolute atomic E-state index is 9.84. The first-order valence-electron chi connectivity index (χ1n) is 5.32. The van der Waals surface area contributed by atoms with Crippen molar-refractivity contribution in [2.75, 3.05) is 0 Å². The number of rotatable bonds is 1. The van der Waals surface area contributed by atoms with Gasteiger partial charge in [-0.3, -0.25) is 4.40 Å². The first kappa shape index (κ1) is 10.9. The number of halogens is 1. The van der Waals surface area contributed by atoms with Crippen LogP contribution in [0.15, 0.2) is 42.6 Å². The van der Waals surface area contributed by atoms with Crippen molar-refractivity contribution in [3.05, 3.63) is 47.7 Å². The Balaban J connectivity index is 2.36. The van der Waals surface area contributed by atoms with Gasteiger partial charge in [-0.2, -0.15) is 0 Å². The van der Waals surface area contributed by atoms with Crippen LogP contribution in [0.5, 0.6) is 11.5 Å². The molecule has 0 radical (unpaired) electrons. The molecule has 0 atom stereocenters. The van der Waals surface area contributed by atoms with Gasteiger partial charge in [-0.05, 0) is 24.3 Å². The van der Waals surface area contributed by atoms with Crippen molar-refractivity contribution in [3.63, 3.8) is 0 Å². The molecule has 3 aromatic rings. The Morgan fingerprint density at radius 2 is 1.83 bits per heavy atom. The second-order valence-corrected chi connectivity index (χ2v) is 4.24. The van der Waals surface area contributed by atoms with Crippen LogP contribution in [0.1, 0.15) is 0 Å². The lowest BCUT2D eigenvalue weighted by Gasteiger charge is -2.03. The van der Waals surface area contributed by atoms with Gasteiger partial charge in [0.05, 0.1) is 17.3 Å². The van der Waals surface area contributed by atoms with E-state index >= 15 is 0 Å². The lowest BCUT2D eigenvalue weighted by Crippen LogP contribution is -1.89. The van der Waals surface area contributed by atoms with E-state index in [4.69, 9.17) is 11.6 Å². The molecule has 0 saturated carbocycles. The van der Waals surface area contributed by atoms with Gasteiger partial charge < -0.3 is 10.2 Å². The topological polar surface area (TPSA) is 57.8 Å². The number of aromatic hydroxyl groups is 2. The number of para-hydroxylation sites is 1. The highest BCUT2D eigenvalue weighted by atomic mass is 35.5. The van der Waals surface area contributed by atoms with Crippen LogP contribution in [0.3, 0.4) is 0 Å². The van der Waals surface area contributed by atoms with Crippen molar-refractivity contribution in [1.29, 1.82) is 0 Å². The SMILES string of the molecule is Oc1ccc2c(Cl)nc(-c3ccccc3O)n2c1. The van der Waals surface area contributed by atoms with Crippen molar-refractivity contribution in [1.82, 2.24) is 9.38 Å². The van der Waals surface area contributed by atoms with Gasteiger partial charge in [0.2, 0.25) is 0 Å². The highest BCUT2D eigenvalue weighted by Crippen LogP contribution is 2.32. The van der Waals surface area contributed by atoms with E-state index in [2.05, 4.69) is 4.98 Å². The third-order valence-electron chi connectivity index (χ3n) is 2.72. The molecule has 4 nitrogen and oxygen atoms in total. The molecule has 2 heterocycles. The van der Waals surface area contributed by atoms with Gasteiger partial charge in [-0.15, -0.1) is 0 Å². The van der Waals surface area contributed by atoms with Gasteiger partial charge in [0.25, 0.3) is 0 Å². The molecule has 18 heavy (non-hydrogen) atoms. The zero-order valence-electron chi connectivity index (χ0n) is 9.21. The summed E-state index contributed by atoms with van der Waals surface area (Å²) in [6.07, 6.45) is 1.51. The van der Waals surface area contributed by atoms with Crippen LogP contribution in [0.4, 0.5) is 0 Å². The molecule has 0 spiro atoms. The number of phenolic OH excluding ortho intramolecular Hbond substituents is 1. The molecule has 0 saturated heterocycles. The maximum Gasteiger partial charge on any atom is 0.155 e. The summed E-state index contributed by atoms with van der Waals surface area (Å²) in [6.45, 7) is 0. The number of aromatic nitrogens is 2. The van der Waals surface area contributed by atoms with E-state index in [1.54, 1.807) is 34.7 Å². The van der Waals surface area contributed by atoms with Crippen LogP contribution < -0.4 is 0 Å². The smallest absolute Gasteiger partial charge is 0.155 e. The fourth-order valence-corrected chi connectivity index (χ4v) is 2.12. The maximum atomic E-state index is 9.84. The Hall–Kier alpha value is -2.20. The summed E-state index contributed by atoms with van der Waals surface area (Å²) in [7, 11) is 0. The van der Waals surface area contributed by atoms with Crippen LogP contribution in [0.25, 0.3) is 16.9 Å². The van der Waals surface area contributed by atoms with Gasteiger partial charge in [-0.1, -0.05) is 23.7 Å². The third-order valence-corrected chi connectivity index (χ3v) is 3.00. The molecule has 90 valence electrons. The number of phenols is 1. The van der Waals surface area contributed by atoms with Crippen LogP contribution in [0.2, 0.25) is 5.15 Å². The molecule has 2 aromatic heterocycles. The minimum atomic E-state index is 0.105. The molecule has 0 unspecified atom stereocenters. The summed E-state index contributed by atoms with van der Waals surface area (Å²) in [5, 5.41) is 19.7. The van der Waals surface area contributed by atoms with Crippen LogP contribution >= 0.6 is 11.6 Å². The molecule has 2 N–H and O–H groups in total. The Bertz CT molecular complexity index is 737. The van der Waals surface area contributed by atoms with Gasteiger partial charge >= 0.3 is 0 Å². The van der Waals surface area contributed by atoms with E-state index in [0.29, 0.717) is 22.1 Å². The van der Waals surface area contributed by atoms with E-state index in [0.717, 1.165) is 0 Å². The van der Waals surface area contributed by atoms with Crippen LogP contribution in [0, 0.1) is 0 Å². The summed E-state index contributed by atoms with van der Waals surface area (Å²) < 4.78 is 1.65.